The van der Waals surface area contributed by atoms with Gasteiger partial charge in [-0.25, -0.2) is 0 Å². The first-order valence-corrected chi connectivity index (χ1v) is 11.6. The average Bonchev–Trinajstić information content (AvgIpc) is 2.66. The second kappa shape index (κ2) is 24.9. The first-order valence-electron chi connectivity index (χ1n) is 11.6. The van der Waals surface area contributed by atoms with E-state index in [2.05, 4.69) is 13.8 Å². The largest absolute Gasteiger partial charge is 0.379 e. The normalized spacial score (nSPS) is 11.3. The lowest BCUT2D eigenvalue weighted by atomic mass is 10.0. The van der Waals surface area contributed by atoms with Gasteiger partial charge in [-0.3, -0.25) is 0 Å². The van der Waals surface area contributed by atoms with Gasteiger partial charge in [0.25, 0.3) is 0 Å². The van der Waals surface area contributed by atoms with Gasteiger partial charge in [-0.05, 0) is 12.8 Å². The average molecular weight is 373 g/mol. The third-order valence-electron chi connectivity index (χ3n) is 4.78. The molecule has 26 heavy (non-hydrogen) atoms. The van der Waals surface area contributed by atoms with Crippen LogP contribution in [0.15, 0.2) is 0 Å². The van der Waals surface area contributed by atoms with E-state index in [0.29, 0.717) is 26.4 Å². The number of unbranched alkanes of at least 4 members (excludes halogenated alkanes) is 13. The highest BCUT2D eigenvalue weighted by molar-refractivity contribution is 4.49. The van der Waals surface area contributed by atoms with E-state index >= 15 is 0 Å². The maximum absolute atomic E-state index is 5.61. The minimum absolute atomic E-state index is 0.686. The predicted octanol–water partition coefficient (Wildman–Crippen LogP) is 6.93. The summed E-state index contributed by atoms with van der Waals surface area (Å²) in [4.78, 5) is 0. The summed E-state index contributed by atoms with van der Waals surface area (Å²) in [5.41, 5.74) is 0. The van der Waals surface area contributed by atoms with E-state index in [1.165, 1.54) is 89.9 Å². The SMILES string of the molecule is CCCCCCCCCCCCCCCOCCOCCOCCCC. The highest BCUT2D eigenvalue weighted by Gasteiger charge is 1.95. The number of hydrogen-bond acceptors (Lipinski definition) is 3. The summed E-state index contributed by atoms with van der Waals surface area (Å²) in [6.07, 6.45) is 20.5. The van der Waals surface area contributed by atoms with Crippen molar-refractivity contribution in [3.05, 3.63) is 0 Å². The molecule has 0 unspecified atom stereocenters. The molecule has 0 aliphatic carbocycles. The van der Waals surface area contributed by atoms with Gasteiger partial charge in [0.2, 0.25) is 0 Å². The Hall–Kier alpha value is -0.120. The minimum atomic E-state index is 0.686. The minimum Gasteiger partial charge on any atom is -0.379 e. The van der Waals surface area contributed by atoms with Crippen molar-refractivity contribution in [3.63, 3.8) is 0 Å². The summed E-state index contributed by atoms with van der Waals surface area (Å²) in [6, 6.07) is 0. The first kappa shape index (κ1) is 25.9. The van der Waals surface area contributed by atoms with E-state index < -0.39 is 0 Å². The molecule has 158 valence electrons. The van der Waals surface area contributed by atoms with Gasteiger partial charge >= 0.3 is 0 Å². The zero-order valence-corrected chi connectivity index (χ0v) is 18.1. The molecule has 0 atom stereocenters. The molecule has 0 rings (SSSR count). The topological polar surface area (TPSA) is 27.7 Å². The van der Waals surface area contributed by atoms with E-state index in [4.69, 9.17) is 14.2 Å². The molecule has 0 heterocycles. The summed E-state index contributed by atoms with van der Waals surface area (Å²) in [5.74, 6) is 0. The standard InChI is InChI=1S/C23H48O3/c1-3-5-7-8-9-10-11-12-13-14-15-16-17-19-25-21-23-26-22-20-24-18-6-4-2/h3-23H2,1-2H3. The van der Waals surface area contributed by atoms with Gasteiger partial charge in [-0.2, -0.15) is 0 Å². The van der Waals surface area contributed by atoms with E-state index in [1.54, 1.807) is 0 Å². The second-order valence-electron chi connectivity index (χ2n) is 7.43. The van der Waals surface area contributed by atoms with Gasteiger partial charge in [-0.15, -0.1) is 0 Å². The maximum atomic E-state index is 5.61. The van der Waals surface area contributed by atoms with Crippen LogP contribution < -0.4 is 0 Å². The first-order chi connectivity index (χ1) is 12.9. The fourth-order valence-electron chi connectivity index (χ4n) is 3.01. The van der Waals surface area contributed by atoms with Crippen LogP contribution in [-0.4, -0.2) is 39.6 Å². The summed E-state index contributed by atoms with van der Waals surface area (Å²) in [7, 11) is 0. The smallest absolute Gasteiger partial charge is 0.0701 e. The van der Waals surface area contributed by atoms with Gasteiger partial charge in [0, 0.05) is 13.2 Å². The van der Waals surface area contributed by atoms with Crippen LogP contribution in [0.3, 0.4) is 0 Å². The predicted molar refractivity (Wildman–Crippen MR) is 113 cm³/mol. The molecule has 3 heteroatoms. The van der Waals surface area contributed by atoms with Crippen LogP contribution in [0.4, 0.5) is 0 Å². The number of rotatable bonds is 23. The molecule has 0 aromatic carbocycles. The molecule has 0 bridgehead atoms. The Balaban J connectivity index is 2.95. The highest BCUT2D eigenvalue weighted by atomic mass is 16.5. The lowest BCUT2D eigenvalue weighted by molar-refractivity contribution is 0.0134. The molecule has 0 saturated carbocycles. The van der Waals surface area contributed by atoms with Gasteiger partial charge in [0.05, 0.1) is 26.4 Å². The van der Waals surface area contributed by atoms with Gasteiger partial charge in [0.1, 0.15) is 0 Å². The second-order valence-corrected chi connectivity index (χ2v) is 7.43. The van der Waals surface area contributed by atoms with Crippen LogP contribution in [0.2, 0.25) is 0 Å². The van der Waals surface area contributed by atoms with E-state index in [1.807, 2.05) is 0 Å². The number of hydrogen-bond donors (Lipinski definition) is 0. The molecule has 0 amide bonds. The van der Waals surface area contributed by atoms with Crippen LogP contribution in [0, 0.1) is 0 Å². The van der Waals surface area contributed by atoms with Crippen molar-refractivity contribution in [2.45, 2.75) is 110 Å². The van der Waals surface area contributed by atoms with Crippen molar-refractivity contribution in [3.8, 4) is 0 Å². The highest BCUT2D eigenvalue weighted by Crippen LogP contribution is 2.12. The Morgan fingerprint density at radius 3 is 1.04 bits per heavy atom. The molecule has 0 aromatic heterocycles. The Morgan fingerprint density at radius 2 is 0.615 bits per heavy atom. The fourth-order valence-corrected chi connectivity index (χ4v) is 3.01. The Morgan fingerprint density at radius 1 is 0.308 bits per heavy atom. The van der Waals surface area contributed by atoms with Crippen molar-refractivity contribution in [1.29, 1.82) is 0 Å². The Bertz CT molecular complexity index is 209. The maximum Gasteiger partial charge on any atom is 0.0701 e. The molecule has 0 spiro atoms. The van der Waals surface area contributed by atoms with Crippen LogP contribution in [-0.2, 0) is 14.2 Å². The molecule has 0 radical (unpaired) electrons. The molecular weight excluding hydrogens is 324 g/mol. The summed E-state index contributed by atoms with van der Waals surface area (Å²) in [5, 5.41) is 0. The number of ether oxygens (including phenoxy) is 3. The quantitative estimate of drug-likeness (QED) is 0.182. The molecule has 3 nitrogen and oxygen atoms in total. The third kappa shape index (κ3) is 23.9. The van der Waals surface area contributed by atoms with Gasteiger partial charge in [-0.1, -0.05) is 97.3 Å². The summed E-state index contributed by atoms with van der Waals surface area (Å²) in [6.45, 7) is 9.00. The van der Waals surface area contributed by atoms with Crippen LogP contribution >= 0.6 is 0 Å². The third-order valence-corrected chi connectivity index (χ3v) is 4.78. The Kier molecular flexibility index (Phi) is 24.8. The summed E-state index contributed by atoms with van der Waals surface area (Å²) < 4.78 is 16.5. The van der Waals surface area contributed by atoms with Crippen molar-refractivity contribution in [2.75, 3.05) is 39.6 Å². The molecule has 0 fully saturated rings. The van der Waals surface area contributed by atoms with Crippen LogP contribution in [0.25, 0.3) is 0 Å². The van der Waals surface area contributed by atoms with Crippen LogP contribution in [0.5, 0.6) is 0 Å². The lowest BCUT2D eigenvalue weighted by Crippen LogP contribution is -2.10. The van der Waals surface area contributed by atoms with E-state index in [0.717, 1.165) is 19.6 Å². The molecule has 0 N–H and O–H groups in total. The van der Waals surface area contributed by atoms with E-state index in [9.17, 15) is 0 Å². The van der Waals surface area contributed by atoms with Crippen LogP contribution in [0.1, 0.15) is 110 Å². The van der Waals surface area contributed by atoms with Crippen molar-refractivity contribution < 1.29 is 14.2 Å². The molecule has 0 aliphatic rings. The monoisotopic (exact) mass is 372 g/mol. The van der Waals surface area contributed by atoms with Crippen molar-refractivity contribution in [1.82, 2.24) is 0 Å². The van der Waals surface area contributed by atoms with Gasteiger partial charge in [0.15, 0.2) is 0 Å². The fraction of sp³-hybridized carbons (Fsp3) is 1.00. The van der Waals surface area contributed by atoms with Crippen molar-refractivity contribution >= 4 is 0 Å². The van der Waals surface area contributed by atoms with Gasteiger partial charge < -0.3 is 14.2 Å². The molecule has 0 saturated heterocycles. The zero-order valence-electron chi connectivity index (χ0n) is 18.1. The van der Waals surface area contributed by atoms with E-state index in [-0.39, 0.29) is 0 Å². The zero-order chi connectivity index (χ0) is 19.0. The lowest BCUT2D eigenvalue weighted by Gasteiger charge is -2.07. The summed E-state index contributed by atoms with van der Waals surface area (Å²) >= 11 is 0. The van der Waals surface area contributed by atoms with Crippen molar-refractivity contribution in [2.24, 2.45) is 0 Å². The molecular formula is C23H48O3. The molecule has 0 aliphatic heterocycles. The molecule has 0 aromatic rings. The Labute approximate surface area is 164 Å².